The standard InChI is InChI=1S/C13H18N4/c1-11-15-8-13-3-2-12(10-17(11)13)9-16-6-4-14-5-7-16/h2-3,8,10,14H,4-7,9H2,1H3. The summed E-state index contributed by atoms with van der Waals surface area (Å²) in [4.78, 5) is 6.81. The lowest BCUT2D eigenvalue weighted by Crippen LogP contribution is -2.42. The first kappa shape index (κ1) is 10.7. The van der Waals surface area contributed by atoms with Crippen LogP contribution in [0, 0.1) is 6.92 Å². The summed E-state index contributed by atoms with van der Waals surface area (Å²) in [5.74, 6) is 1.06. The summed E-state index contributed by atoms with van der Waals surface area (Å²) in [6.45, 7) is 7.57. The molecule has 90 valence electrons. The summed E-state index contributed by atoms with van der Waals surface area (Å²) >= 11 is 0. The fourth-order valence-corrected chi connectivity index (χ4v) is 2.38. The highest BCUT2D eigenvalue weighted by Gasteiger charge is 2.10. The summed E-state index contributed by atoms with van der Waals surface area (Å²) in [5, 5.41) is 3.38. The van der Waals surface area contributed by atoms with Gasteiger partial charge in [0.15, 0.2) is 0 Å². The van der Waals surface area contributed by atoms with E-state index in [0.29, 0.717) is 0 Å². The van der Waals surface area contributed by atoms with Crippen molar-refractivity contribution in [3.8, 4) is 0 Å². The first-order chi connectivity index (χ1) is 8.33. The van der Waals surface area contributed by atoms with Crippen LogP contribution in [0.4, 0.5) is 0 Å². The minimum Gasteiger partial charge on any atom is -0.314 e. The largest absolute Gasteiger partial charge is 0.314 e. The highest BCUT2D eigenvalue weighted by atomic mass is 15.2. The Kier molecular flexibility index (Phi) is 2.82. The number of aromatic nitrogens is 2. The van der Waals surface area contributed by atoms with Crippen LogP contribution in [0.3, 0.4) is 0 Å². The smallest absolute Gasteiger partial charge is 0.110 e. The van der Waals surface area contributed by atoms with Crippen LogP contribution < -0.4 is 5.32 Å². The van der Waals surface area contributed by atoms with E-state index in [1.165, 1.54) is 11.1 Å². The third-order valence-corrected chi connectivity index (χ3v) is 3.39. The van der Waals surface area contributed by atoms with Crippen molar-refractivity contribution in [3.05, 3.63) is 35.9 Å². The molecule has 0 radical (unpaired) electrons. The molecule has 0 aliphatic carbocycles. The minimum atomic E-state index is 1.04. The lowest BCUT2D eigenvalue weighted by atomic mass is 10.2. The van der Waals surface area contributed by atoms with Crippen LogP contribution in [0.25, 0.3) is 5.52 Å². The van der Waals surface area contributed by atoms with Crippen LogP contribution in [-0.4, -0.2) is 40.5 Å². The lowest BCUT2D eigenvalue weighted by molar-refractivity contribution is 0.233. The molecular formula is C13H18N4. The molecule has 0 bridgehead atoms. The maximum atomic E-state index is 4.32. The molecule has 2 aromatic rings. The molecule has 3 rings (SSSR count). The van der Waals surface area contributed by atoms with E-state index in [1.54, 1.807) is 0 Å². The molecule has 1 saturated heterocycles. The number of aryl methyl sites for hydroxylation is 1. The second kappa shape index (κ2) is 4.47. The normalized spacial score (nSPS) is 17.7. The molecule has 0 spiro atoms. The van der Waals surface area contributed by atoms with Crippen LogP contribution in [0.1, 0.15) is 11.4 Å². The van der Waals surface area contributed by atoms with E-state index in [-0.39, 0.29) is 0 Å². The number of fused-ring (bicyclic) bond motifs is 1. The van der Waals surface area contributed by atoms with Gasteiger partial charge in [-0.15, -0.1) is 0 Å². The molecule has 17 heavy (non-hydrogen) atoms. The van der Waals surface area contributed by atoms with Gasteiger partial charge in [0.2, 0.25) is 0 Å². The van der Waals surface area contributed by atoms with Gasteiger partial charge >= 0.3 is 0 Å². The van der Waals surface area contributed by atoms with Crippen molar-refractivity contribution in [2.24, 2.45) is 0 Å². The van der Waals surface area contributed by atoms with Gasteiger partial charge in [-0.1, -0.05) is 6.07 Å². The molecule has 0 amide bonds. The van der Waals surface area contributed by atoms with Crippen LogP contribution in [0.15, 0.2) is 24.5 Å². The predicted octanol–water partition coefficient (Wildman–Crippen LogP) is 1.05. The molecule has 4 heteroatoms. The van der Waals surface area contributed by atoms with Gasteiger partial charge in [-0.25, -0.2) is 4.98 Å². The number of hydrogen-bond acceptors (Lipinski definition) is 3. The molecule has 0 saturated carbocycles. The third-order valence-electron chi connectivity index (χ3n) is 3.39. The van der Waals surface area contributed by atoms with Gasteiger partial charge < -0.3 is 9.72 Å². The SMILES string of the molecule is Cc1ncc2ccc(CN3CCNCC3)cn12. The molecule has 1 aliphatic rings. The van der Waals surface area contributed by atoms with Gasteiger partial charge in [-0.3, -0.25) is 4.90 Å². The Bertz CT molecular complexity index is 511. The monoisotopic (exact) mass is 230 g/mol. The van der Waals surface area contributed by atoms with E-state index in [4.69, 9.17) is 0 Å². The lowest BCUT2D eigenvalue weighted by Gasteiger charge is -2.27. The summed E-state index contributed by atoms with van der Waals surface area (Å²) in [6, 6.07) is 4.36. The molecule has 1 fully saturated rings. The maximum Gasteiger partial charge on any atom is 0.110 e. The van der Waals surface area contributed by atoms with E-state index in [9.17, 15) is 0 Å². The highest BCUT2D eigenvalue weighted by Crippen LogP contribution is 2.11. The topological polar surface area (TPSA) is 32.6 Å². The first-order valence-corrected chi connectivity index (χ1v) is 6.18. The third kappa shape index (κ3) is 2.18. The van der Waals surface area contributed by atoms with Crippen molar-refractivity contribution in [2.75, 3.05) is 26.2 Å². The van der Waals surface area contributed by atoms with Crippen molar-refractivity contribution in [1.29, 1.82) is 0 Å². The zero-order valence-electron chi connectivity index (χ0n) is 10.2. The molecular weight excluding hydrogens is 212 g/mol. The zero-order chi connectivity index (χ0) is 11.7. The predicted molar refractivity (Wildman–Crippen MR) is 68.1 cm³/mol. The highest BCUT2D eigenvalue weighted by molar-refractivity contribution is 5.46. The molecule has 0 unspecified atom stereocenters. The Morgan fingerprint density at radius 2 is 2.12 bits per heavy atom. The summed E-state index contributed by atoms with van der Waals surface area (Å²) in [6.07, 6.45) is 4.13. The molecule has 3 heterocycles. The Hall–Kier alpha value is -1.39. The van der Waals surface area contributed by atoms with Gasteiger partial charge in [0.1, 0.15) is 5.82 Å². The quantitative estimate of drug-likeness (QED) is 0.837. The number of rotatable bonds is 2. The number of hydrogen-bond donors (Lipinski definition) is 1. The Labute approximate surface area is 101 Å². The van der Waals surface area contributed by atoms with Gasteiger partial charge in [0.25, 0.3) is 0 Å². The molecule has 1 aliphatic heterocycles. The van der Waals surface area contributed by atoms with Crippen LogP contribution in [-0.2, 0) is 6.54 Å². The van der Waals surface area contributed by atoms with Gasteiger partial charge in [0.05, 0.1) is 11.7 Å². The minimum absolute atomic E-state index is 1.04. The van der Waals surface area contributed by atoms with Crippen LogP contribution in [0.2, 0.25) is 0 Å². The second-order valence-electron chi connectivity index (χ2n) is 4.66. The summed E-state index contributed by atoms with van der Waals surface area (Å²) in [7, 11) is 0. The van der Waals surface area contributed by atoms with Crippen molar-refractivity contribution in [2.45, 2.75) is 13.5 Å². The first-order valence-electron chi connectivity index (χ1n) is 6.18. The maximum absolute atomic E-state index is 4.32. The Balaban J connectivity index is 1.82. The van der Waals surface area contributed by atoms with Gasteiger partial charge in [-0.05, 0) is 18.6 Å². The summed E-state index contributed by atoms with van der Waals surface area (Å²) in [5.41, 5.74) is 2.53. The molecule has 2 aromatic heterocycles. The Morgan fingerprint density at radius 3 is 2.94 bits per heavy atom. The fraction of sp³-hybridized carbons (Fsp3) is 0.462. The second-order valence-corrected chi connectivity index (χ2v) is 4.66. The Morgan fingerprint density at radius 1 is 1.29 bits per heavy atom. The van der Waals surface area contributed by atoms with Gasteiger partial charge in [0, 0.05) is 38.9 Å². The molecule has 0 aromatic carbocycles. The number of imidazole rings is 1. The zero-order valence-corrected chi connectivity index (χ0v) is 10.2. The molecule has 0 atom stereocenters. The van der Waals surface area contributed by atoms with Crippen molar-refractivity contribution in [3.63, 3.8) is 0 Å². The van der Waals surface area contributed by atoms with E-state index >= 15 is 0 Å². The number of nitrogens with one attached hydrogen (secondary N) is 1. The van der Waals surface area contributed by atoms with Gasteiger partial charge in [-0.2, -0.15) is 0 Å². The van der Waals surface area contributed by atoms with E-state index in [1.807, 2.05) is 13.1 Å². The van der Waals surface area contributed by atoms with Crippen molar-refractivity contribution in [1.82, 2.24) is 19.6 Å². The average Bonchev–Trinajstić information content (AvgIpc) is 2.73. The number of piperazine rings is 1. The molecule has 4 nitrogen and oxygen atoms in total. The number of nitrogens with zero attached hydrogens (tertiary/aromatic N) is 3. The fourth-order valence-electron chi connectivity index (χ4n) is 2.38. The van der Waals surface area contributed by atoms with E-state index in [0.717, 1.165) is 38.5 Å². The van der Waals surface area contributed by atoms with E-state index in [2.05, 4.69) is 37.9 Å². The summed E-state index contributed by atoms with van der Waals surface area (Å²) < 4.78 is 2.16. The van der Waals surface area contributed by atoms with Crippen LogP contribution in [0.5, 0.6) is 0 Å². The molecule has 1 N–H and O–H groups in total. The van der Waals surface area contributed by atoms with Crippen molar-refractivity contribution >= 4 is 5.52 Å². The average molecular weight is 230 g/mol. The van der Waals surface area contributed by atoms with Crippen molar-refractivity contribution < 1.29 is 0 Å². The number of pyridine rings is 1. The van der Waals surface area contributed by atoms with Crippen LogP contribution >= 0.6 is 0 Å². The van der Waals surface area contributed by atoms with E-state index < -0.39 is 0 Å².